The molecule has 17 heavy (non-hydrogen) atoms. The number of aromatic nitrogens is 3. The summed E-state index contributed by atoms with van der Waals surface area (Å²) >= 11 is 1.73. The van der Waals surface area contributed by atoms with E-state index in [1.807, 2.05) is 20.8 Å². The highest BCUT2D eigenvalue weighted by atomic mass is 32.1. The van der Waals surface area contributed by atoms with Gasteiger partial charge in [-0.15, -0.1) is 11.3 Å². The van der Waals surface area contributed by atoms with Crippen LogP contribution < -0.4 is 5.32 Å². The number of rotatable bonds is 3. The molecular formula is C12H16N4S. The summed E-state index contributed by atoms with van der Waals surface area (Å²) in [6.45, 7) is 8.14. The van der Waals surface area contributed by atoms with Crippen LogP contribution in [0.1, 0.15) is 34.2 Å². The molecule has 0 fully saturated rings. The normalized spacial score (nSPS) is 12.5. The van der Waals surface area contributed by atoms with Gasteiger partial charge in [-0.25, -0.2) is 9.97 Å². The molecule has 2 aromatic rings. The SMILES string of the molecule is Cc1nc(C)c(C(C)Nc2nccnc2C)s1. The molecule has 0 saturated heterocycles. The molecule has 2 aromatic heterocycles. The molecule has 5 heteroatoms. The monoisotopic (exact) mass is 248 g/mol. The smallest absolute Gasteiger partial charge is 0.147 e. The number of aryl methyl sites for hydroxylation is 3. The summed E-state index contributed by atoms with van der Waals surface area (Å²) in [6.07, 6.45) is 3.40. The zero-order valence-corrected chi connectivity index (χ0v) is 11.3. The summed E-state index contributed by atoms with van der Waals surface area (Å²) < 4.78 is 0. The fourth-order valence-corrected chi connectivity index (χ4v) is 2.70. The fraction of sp³-hybridized carbons (Fsp3) is 0.417. The lowest BCUT2D eigenvalue weighted by atomic mass is 10.2. The Bertz CT molecular complexity index is 521. The van der Waals surface area contributed by atoms with E-state index in [0.717, 1.165) is 22.2 Å². The maximum atomic E-state index is 4.44. The van der Waals surface area contributed by atoms with Gasteiger partial charge >= 0.3 is 0 Å². The summed E-state index contributed by atoms with van der Waals surface area (Å²) in [5, 5.41) is 4.48. The van der Waals surface area contributed by atoms with Crippen molar-refractivity contribution in [3.63, 3.8) is 0 Å². The van der Waals surface area contributed by atoms with Crippen LogP contribution >= 0.6 is 11.3 Å². The van der Waals surface area contributed by atoms with Crippen LogP contribution in [0.4, 0.5) is 5.82 Å². The van der Waals surface area contributed by atoms with Crippen molar-refractivity contribution in [2.75, 3.05) is 5.32 Å². The van der Waals surface area contributed by atoms with Crippen molar-refractivity contribution in [3.05, 3.63) is 33.7 Å². The molecule has 0 radical (unpaired) electrons. The van der Waals surface area contributed by atoms with Gasteiger partial charge in [-0.3, -0.25) is 4.98 Å². The molecule has 0 aromatic carbocycles. The largest absolute Gasteiger partial charge is 0.361 e. The Kier molecular flexibility index (Phi) is 3.38. The molecular weight excluding hydrogens is 232 g/mol. The number of nitrogens with zero attached hydrogens (tertiary/aromatic N) is 3. The number of thiazole rings is 1. The van der Waals surface area contributed by atoms with Crippen LogP contribution in [0.3, 0.4) is 0 Å². The Morgan fingerprint density at radius 3 is 2.41 bits per heavy atom. The van der Waals surface area contributed by atoms with Gasteiger partial charge in [-0.2, -0.15) is 0 Å². The van der Waals surface area contributed by atoms with Gasteiger partial charge in [-0.1, -0.05) is 0 Å². The van der Waals surface area contributed by atoms with Gasteiger partial charge < -0.3 is 5.32 Å². The second-order valence-electron chi connectivity index (χ2n) is 4.04. The van der Waals surface area contributed by atoms with Crippen molar-refractivity contribution in [3.8, 4) is 0 Å². The molecule has 0 amide bonds. The highest BCUT2D eigenvalue weighted by molar-refractivity contribution is 7.11. The molecule has 2 heterocycles. The van der Waals surface area contributed by atoms with E-state index in [0.29, 0.717) is 0 Å². The predicted octanol–water partition coefficient (Wildman–Crippen LogP) is 3.03. The Balaban J connectivity index is 2.20. The van der Waals surface area contributed by atoms with Crippen molar-refractivity contribution < 1.29 is 0 Å². The van der Waals surface area contributed by atoms with Gasteiger partial charge in [0, 0.05) is 17.3 Å². The summed E-state index contributed by atoms with van der Waals surface area (Å²) in [5.74, 6) is 0.838. The maximum absolute atomic E-state index is 4.44. The number of nitrogens with one attached hydrogen (secondary N) is 1. The Labute approximate surface area is 105 Å². The van der Waals surface area contributed by atoms with Crippen LogP contribution in [0.2, 0.25) is 0 Å². The van der Waals surface area contributed by atoms with Gasteiger partial charge in [0.15, 0.2) is 0 Å². The molecule has 4 nitrogen and oxygen atoms in total. The van der Waals surface area contributed by atoms with Crippen LogP contribution in [0, 0.1) is 20.8 Å². The van der Waals surface area contributed by atoms with E-state index < -0.39 is 0 Å². The number of anilines is 1. The van der Waals surface area contributed by atoms with E-state index in [-0.39, 0.29) is 6.04 Å². The lowest BCUT2D eigenvalue weighted by Gasteiger charge is -2.14. The molecule has 0 aliphatic carbocycles. The molecule has 0 spiro atoms. The molecule has 1 unspecified atom stereocenters. The highest BCUT2D eigenvalue weighted by Gasteiger charge is 2.14. The van der Waals surface area contributed by atoms with E-state index in [4.69, 9.17) is 0 Å². The van der Waals surface area contributed by atoms with Gasteiger partial charge in [-0.05, 0) is 27.7 Å². The van der Waals surface area contributed by atoms with E-state index in [9.17, 15) is 0 Å². The third kappa shape index (κ3) is 2.61. The average molecular weight is 248 g/mol. The second-order valence-corrected chi connectivity index (χ2v) is 5.27. The first-order chi connectivity index (χ1) is 8.08. The summed E-state index contributed by atoms with van der Waals surface area (Å²) in [7, 11) is 0. The zero-order chi connectivity index (χ0) is 12.4. The maximum Gasteiger partial charge on any atom is 0.147 e. The lowest BCUT2D eigenvalue weighted by Crippen LogP contribution is -2.09. The number of hydrogen-bond donors (Lipinski definition) is 1. The fourth-order valence-electron chi connectivity index (χ4n) is 1.77. The van der Waals surface area contributed by atoms with Crippen molar-refractivity contribution in [2.24, 2.45) is 0 Å². The van der Waals surface area contributed by atoms with E-state index >= 15 is 0 Å². The van der Waals surface area contributed by atoms with E-state index in [1.165, 1.54) is 4.88 Å². The zero-order valence-electron chi connectivity index (χ0n) is 10.5. The van der Waals surface area contributed by atoms with Crippen LogP contribution in [0.25, 0.3) is 0 Å². The second kappa shape index (κ2) is 4.79. The first kappa shape index (κ1) is 12.0. The van der Waals surface area contributed by atoms with Crippen molar-refractivity contribution >= 4 is 17.2 Å². The quantitative estimate of drug-likeness (QED) is 0.907. The molecule has 0 aliphatic rings. The minimum atomic E-state index is 0.205. The summed E-state index contributed by atoms with van der Waals surface area (Å²) in [5.41, 5.74) is 2.01. The third-order valence-corrected chi connectivity index (χ3v) is 3.82. The summed E-state index contributed by atoms with van der Waals surface area (Å²) in [4.78, 5) is 14.2. The lowest BCUT2D eigenvalue weighted by molar-refractivity contribution is 0.871. The highest BCUT2D eigenvalue weighted by Crippen LogP contribution is 2.27. The van der Waals surface area contributed by atoms with Crippen molar-refractivity contribution in [1.82, 2.24) is 15.0 Å². The molecule has 2 rings (SSSR count). The third-order valence-electron chi connectivity index (χ3n) is 2.57. The first-order valence-electron chi connectivity index (χ1n) is 5.56. The van der Waals surface area contributed by atoms with E-state index in [2.05, 4.69) is 27.2 Å². The van der Waals surface area contributed by atoms with Crippen molar-refractivity contribution in [2.45, 2.75) is 33.7 Å². The van der Waals surface area contributed by atoms with Crippen LogP contribution in [0.15, 0.2) is 12.4 Å². The topological polar surface area (TPSA) is 50.7 Å². The van der Waals surface area contributed by atoms with Gasteiger partial charge in [0.05, 0.1) is 22.4 Å². The minimum absolute atomic E-state index is 0.205. The van der Waals surface area contributed by atoms with Crippen LogP contribution in [-0.4, -0.2) is 15.0 Å². The summed E-state index contributed by atoms with van der Waals surface area (Å²) in [6, 6.07) is 0.205. The molecule has 0 saturated carbocycles. The van der Waals surface area contributed by atoms with Crippen molar-refractivity contribution in [1.29, 1.82) is 0 Å². The Hall–Kier alpha value is -1.49. The van der Waals surface area contributed by atoms with Crippen LogP contribution in [0.5, 0.6) is 0 Å². The van der Waals surface area contributed by atoms with Gasteiger partial charge in [0.2, 0.25) is 0 Å². The number of hydrogen-bond acceptors (Lipinski definition) is 5. The average Bonchev–Trinajstić information content (AvgIpc) is 2.61. The van der Waals surface area contributed by atoms with Gasteiger partial charge in [0.25, 0.3) is 0 Å². The predicted molar refractivity (Wildman–Crippen MR) is 70.4 cm³/mol. The minimum Gasteiger partial charge on any atom is -0.361 e. The Morgan fingerprint density at radius 2 is 1.82 bits per heavy atom. The molecule has 0 aliphatic heterocycles. The molecule has 90 valence electrons. The van der Waals surface area contributed by atoms with Gasteiger partial charge in [0.1, 0.15) is 5.82 Å². The molecule has 1 atom stereocenters. The standard InChI is InChI=1S/C12H16N4S/c1-7-11(17-10(4)15-7)8(2)16-12-9(3)13-5-6-14-12/h5-6,8H,1-4H3,(H,14,16). The van der Waals surface area contributed by atoms with Crippen LogP contribution in [-0.2, 0) is 0 Å². The first-order valence-corrected chi connectivity index (χ1v) is 6.37. The Morgan fingerprint density at radius 1 is 1.12 bits per heavy atom. The van der Waals surface area contributed by atoms with E-state index in [1.54, 1.807) is 23.7 Å². The molecule has 1 N–H and O–H groups in total. The molecule has 0 bridgehead atoms.